The maximum atomic E-state index is 13.5. The van der Waals surface area contributed by atoms with Crippen molar-refractivity contribution in [1.82, 2.24) is 14.5 Å². The summed E-state index contributed by atoms with van der Waals surface area (Å²) in [5, 5.41) is 0. The van der Waals surface area contributed by atoms with E-state index in [0.717, 1.165) is 58.2 Å². The van der Waals surface area contributed by atoms with Crippen molar-refractivity contribution in [2.24, 2.45) is 15.8 Å². The third-order valence-corrected chi connectivity index (χ3v) is 5.58. The lowest BCUT2D eigenvalue weighted by Crippen LogP contribution is -2.18. The van der Waals surface area contributed by atoms with Crippen molar-refractivity contribution in [2.45, 2.75) is 61.4 Å². The molecule has 4 nitrogen and oxygen atoms in total. The number of rotatable bonds is 3. The monoisotopic (exact) mass is 418 g/mol. The van der Waals surface area contributed by atoms with E-state index in [1.807, 2.05) is 19.1 Å². The minimum absolute atomic E-state index is 0.0538. The quantitative estimate of drug-likeness (QED) is 0.476. The van der Waals surface area contributed by atoms with E-state index in [9.17, 15) is 4.39 Å². The van der Waals surface area contributed by atoms with Crippen LogP contribution in [-0.4, -0.2) is 20.2 Å². The molecule has 2 aromatic heterocycles. The predicted molar refractivity (Wildman–Crippen MR) is 126 cm³/mol. The van der Waals surface area contributed by atoms with Gasteiger partial charge in [-0.05, 0) is 48.7 Å². The normalized spacial score (nSPS) is 15.2. The largest absolute Gasteiger partial charge is 0.312 e. The number of imidazole rings is 1. The van der Waals surface area contributed by atoms with E-state index in [0.29, 0.717) is 0 Å². The standard InChI is InChI=1S/C26H31FN4/c1-16-28-21-13-12-20(29-24(21)31(16)15-25(2,3)4)19-14-22(26(5,6)7)30-23(19)17-8-10-18(27)11-9-17/h8-13H,14-15H2,1-7H3. The van der Waals surface area contributed by atoms with Gasteiger partial charge in [-0.15, -0.1) is 0 Å². The maximum Gasteiger partial charge on any atom is 0.160 e. The van der Waals surface area contributed by atoms with E-state index in [4.69, 9.17) is 15.0 Å². The second-order valence-electron chi connectivity index (χ2n) is 10.7. The van der Waals surface area contributed by atoms with Crippen LogP contribution < -0.4 is 0 Å². The van der Waals surface area contributed by atoms with Crippen LogP contribution >= 0.6 is 0 Å². The molecule has 0 amide bonds. The second kappa shape index (κ2) is 7.40. The zero-order chi connectivity index (χ0) is 22.6. The fourth-order valence-electron chi connectivity index (χ4n) is 3.93. The van der Waals surface area contributed by atoms with Gasteiger partial charge in [-0.1, -0.05) is 41.5 Å². The molecule has 3 heterocycles. The molecule has 0 unspecified atom stereocenters. The van der Waals surface area contributed by atoms with E-state index in [-0.39, 0.29) is 16.6 Å². The van der Waals surface area contributed by atoms with Crippen LogP contribution in [0.1, 0.15) is 65.0 Å². The Kier molecular flexibility index (Phi) is 5.11. The third-order valence-electron chi connectivity index (χ3n) is 5.58. The van der Waals surface area contributed by atoms with Gasteiger partial charge in [-0.3, -0.25) is 4.99 Å². The number of fused-ring (bicyclic) bond motifs is 1. The molecule has 0 saturated carbocycles. The average Bonchev–Trinajstić information content (AvgIpc) is 3.23. The summed E-state index contributed by atoms with van der Waals surface area (Å²) in [6.07, 6.45) is 0.737. The molecule has 0 radical (unpaired) electrons. The first kappa shape index (κ1) is 21.4. The molecule has 0 atom stereocenters. The third kappa shape index (κ3) is 4.32. The number of hydrogen-bond acceptors (Lipinski definition) is 3. The summed E-state index contributed by atoms with van der Waals surface area (Å²) in [5.74, 6) is 0.727. The summed E-state index contributed by atoms with van der Waals surface area (Å²) < 4.78 is 15.7. The number of aromatic nitrogens is 3. The number of halogens is 1. The number of benzene rings is 1. The molecule has 0 fully saturated rings. The predicted octanol–water partition coefficient (Wildman–Crippen LogP) is 6.68. The van der Waals surface area contributed by atoms with Gasteiger partial charge >= 0.3 is 0 Å². The summed E-state index contributed by atoms with van der Waals surface area (Å²) in [4.78, 5) is 14.8. The Labute approximate surface area is 184 Å². The molecule has 5 heteroatoms. The Hall–Kier alpha value is -2.82. The molecule has 31 heavy (non-hydrogen) atoms. The van der Waals surface area contributed by atoms with Crippen LogP contribution in [0.4, 0.5) is 4.39 Å². The number of nitrogens with zero attached hydrogens (tertiary/aromatic N) is 4. The molecular formula is C26H31FN4. The molecule has 1 aliphatic heterocycles. The molecule has 0 N–H and O–H groups in total. The highest BCUT2D eigenvalue weighted by molar-refractivity contribution is 6.11. The van der Waals surface area contributed by atoms with E-state index in [1.54, 1.807) is 12.1 Å². The Balaban J connectivity index is 1.86. The van der Waals surface area contributed by atoms with Crippen molar-refractivity contribution < 1.29 is 4.39 Å². The number of pyridine rings is 1. The zero-order valence-electron chi connectivity index (χ0n) is 19.5. The minimum Gasteiger partial charge on any atom is -0.312 e. The Morgan fingerprint density at radius 2 is 1.61 bits per heavy atom. The maximum absolute atomic E-state index is 13.5. The van der Waals surface area contributed by atoms with E-state index in [2.05, 4.69) is 46.1 Å². The van der Waals surface area contributed by atoms with Crippen LogP contribution in [0.5, 0.6) is 0 Å². The topological polar surface area (TPSA) is 43.1 Å². The number of allylic oxidation sites excluding steroid dienone is 1. The van der Waals surface area contributed by atoms with Gasteiger partial charge in [0.2, 0.25) is 0 Å². The summed E-state index contributed by atoms with van der Waals surface area (Å²) >= 11 is 0. The van der Waals surface area contributed by atoms with Crippen LogP contribution in [-0.2, 0) is 6.54 Å². The smallest absolute Gasteiger partial charge is 0.160 e. The Morgan fingerprint density at radius 3 is 2.23 bits per heavy atom. The first-order valence-electron chi connectivity index (χ1n) is 10.8. The zero-order valence-corrected chi connectivity index (χ0v) is 19.5. The molecule has 0 spiro atoms. The lowest BCUT2D eigenvalue weighted by molar-refractivity contribution is 0.344. The molecule has 0 saturated heterocycles. The highest BCUT2D eigenvalue weighted by Gasteiger charge is 2.29. The van der Waals surface area contributed by atoms with Gasteiger partial charge in [0.1, 0.15) is 17.2 Å². The molecular weight excluding hydrogens is 387 g/mol. The van der Waals surface area contributed by atoms with Crippen molar-refractivity contribution in [3.05, 3.63) is 59.3 Å². The molecule has 0 bridgehead atoms. The molecule has 0 aliphatic carbocycles. The van der Waals surface area contributed by atoms with Gasteiger partial charge in [0, 0.05) is 35.2 Å². The molecule has 1 aliphatic rings. The summed E-state index contributed by atoms with van der Waals surface area (Å²) in [6, 6.07) is 10.7. The first-order valence-corrected chi connectivity index (χ1v) is 10.8. The molecule has 3 aromatic rings. The van der Waals surface area contributed by atoms with E-state index in [1.165, 1.54) is 12.1 Å². The second-order valence-corrected chi connectivity index (χ2v) is 10.7. The SMILES string of the molecule is Cc1nc2ccc(C3=C(c4ccc(F)cc4)N=C(C(C)(C)C)C3)nc2n1CC(C)(C)C. The number of aryl methyl sites for hydroxylation is 1. The van der Waals surface area contributed by atoms with Crippen molar-refractivity contribution in [3.63, 3.8) is 0 Å². The average molecular weight is 419 g/mol. The van der Waals surface area contributed by atoms with Gasteiger partial charge in [0.05, 0.1) is 11.4 Å². The van der Waals surface area contributed by atoms with E-state index < -0.39 is 0 Å². The first-order chi connectivity index (χ1) is 14.4. The fraction of sp³-hybridized carbons (Fsp3) is 0.423. The van der Waals surface area contributed by atoms with E-state index >= 15 is 0 Å². The van der Waals surface area contributed by atoms with Gasteiger partial charge in [-0.2, -0.15) is 0 Å². The van der Waals surface area contributed by atoms with Crippen molar-refractivity contribution >= 4 is 28.1 Å². The summed E-state index contributed by atoms with van der Waals surface area (Å²) in [7, 11) is 0. The number of aliphatic imine (C=N–C) groups is 1. The Bertz CT molecular complexity index is 1200. The Morgan fingerprint density at radius 1 is 0.935 bits per heavy atom. The van der Waals surface area contributed by atoms with Crippen LogP contribution in [0.3, 0.4) is 0 Å². The van der Waals surface area contributed by atoms with Gasteiger partial charge in [0.15, 0.2) is 5.65 Å². The van der Waals surface area contributed by atoms with Crippen LogP contribution in [0, 0.1) is 23.6 Å². The highest BCUT2D eigenvalue weighted by atomic mass is 19.1. The van der Waals surface area contributed by atoms with Crippen LogP contribution in [0.25, 0.3) is 22.4 Å². The fourth-order valence-corrected chi connectivity index (χ4v) is 3.93. The summed E-state index contributed by atoms with van der Waals surface area (Å²) in [6.45, 7) is 16.1. The molecule has 1 aromatic carbocycles. The van der Waals surface area contributed by atoms with Gasteiger partial charge < -0.3 is 4.57 Å². The van der Waals surface area contributed by atoms with Crippen molar-refractivity contribution in [2.75, 3.05) is 0 Å². The summed E-state index contributed by atoms with van der Waals surface area (Å²) in [5.41, 5.74) is 6.77. The van der Waals surface area contributed by atoms with Crippen molar-refractivity contribution in [1.29, 1.82) is 0 Å². The van der Waals surface area contributed by atoms with Crippen molar-refractivity contribution in [3.8, 4) is 0 Å². The molecule has 162 valence electrons. The minimum atomic E-state index is -0.245. The molecule has 4 rings (SSSR count). The van der Waals surface area contributed by atoms with Gasteiger partial charge in [-0.25, -0.2) is 14.4 Å². The lowest BCUT2D eigenvalue weighted by Gasteiger charge is -2.20. The lowest BCUT2D eigenvalue weighted by atomic mass is 9.86. The van der Waals surface area contributed by atoms with Crippen LogP contribution in [0.2, 0.25) is 0 Å². The van der Waals surface area contributed by atoms with Gasteiger partial charge in [0.25, 0.3) is 0 Å². The number of hydrogen-bond donors (Lipinski definition) is 0. The highest BCUT2D eigenvalue weighted by Crippen LogP contribution is 2.39. The van der Waals surface area contributed by atoms with Crippen LogP contribution in [0.15, 0.2) is 41.4 Å².